The summed E-state index contributed by atoms with van der Waals surface area (Å²) in [6.45, 7) is 5.81. The standard InChI is InChI=1S/C11H22N4O3S/c1-7(2)9(6-18-5)14-19(16,17)10-8(3)15(4)13-11(10)12/h7,9,14H,6H2,1-5H3,(H2,12,13). The van der Waals surface area contributed by atoms with Gasteiger partial charge >= 0.3 is 0 Å². The van der Waals surface area contributed by atoms with Crippen molar-refractivity contribution in [3.63, 3.8) is 0 Å². The lowest BCUT2D eigenvalue weighted by Gasteiger charge is -2.21. The van der Waals surface area contributed by atoms with E-state index in [0.29, 0.717) is 12.3 Å². The number of nitrogens with one attached hydrogen (secondary N) is 1. The normalized spacial score (nSPS) is 14.0. The Kier molecular flexibility index (Phi) is 4.94. The van der Waals surface area contributed by atoms with E-state index in [1.165, 1.54) is 11.8 Å². The number of nitrogen functional groups attached to an aromatic ring is 1. The quantitative estimate of drug-likeness (QED) is 0.783. The molecule has 0 bridgehead atoms. The monoisotopic (exact) mass is 290 g/mol. The van der Waals surface area contributed by atoms with Crippen molar-refractivity contribution in [2.75, 3.05) is 19.5 Å². The third-order valence-corrected chi connectivity index (χ3v) is 4.69. The Hall–Kier alpha value is -1.12. The zero-order chi connectivity index (χ0) is 14.8. The molecule has 0 spiro atoms. The second kappa shape index (κ2) is 5.89. The highest BCUT2D eigenvalue weighted by molar-refractivity contribution is 7.89. The predicted octanol–water partition coefficient (Wildman–Crippen LogP) is 0.260. The fourth-order valence-corrected chi connectivity index (χ4v) is 3.44. The van der Waals surface area contributed by atoms with Crippen LogP contribution in [0.25, 0.3) is 0 Å². The lowest BCUT2D eigenvalue weighted by molar-refractivity contribution is 0.157. The van der Waals surface area contributed by atoms with Gasteiger partial charge < -0.3 is 10.5 Å². The minimum absolute atomic E-state index is 0.00687. The molecular formula is C11H22N4O3S. The number of ether oxygens (including phenoxy) is 1. The van der Waals surface area contributed by atoms with Crippen molar-refractivity contribution in [2.45, 2.75) is 31.7 Å². The minimum Gasteiger partial charge on any atom is -0.383 e. The Morgan fingerprint density at radius 1 is 1.47 bits per heavy atom. The van der Waals surface area contributed by atoms with E-state index in [1.54, 1.807) is 14.0 Å². The van der Waals surface area contributed by atoms with Crippen LogP contribution < -0.4 is 10.5 Å². The summed E-state index contributed by atoms with van der Waals surface area (Å²) in [4.78, 5) is 0.0387. The molecule has 0 amide bonds. The fourth-order valence-electron chi connectivity index (χ4n) is 1.75. The number of methoxy groups -OCH3 is 1. The van der Waals surface area contributed by atoms with Gasteiger partial charge in [-0.3, -0.25) is 4.68 Å². The van der Waals surface area contributed by atoms with Crippen molar-refractivity contribution in [1.82, 2.24) is 14.5 Å². The Labute approximate surface area is 114 Å². The number of anilines is 1. The van der Waals surface area contributed by atoms with Gasteiger partial charge in [0.25, 0.3) is 0 Å². The largest absolute Gasteiger partial charge is 0.383 e. The van der Waals surface area contributed by atoms with E-state index < -0.39 is 10.0 Å². The van der Waals surface area contributed by atoms with Crippen LogP contribution in [-0.2, 0) is 21.8 Å². The van der Waals surface area contributed by atoms with Crippen LogP contribution in [0.15, 0.2) is 4.90 Å². The van der Waals surface area contributed by atoms with Crippen molar-refractivity contribution in [1.29, 1.82) is 0 Å². The van der Waals surface area contributed by atoms with Crippen molar-refractivity contribution in [2.24, 2.45) is 13.0 Å². The Bertz CT molecular complexity index is 536. The first kappa shape index (κ1) is 15.9. The summed E-state index contributed by atoms with van der Waals surface area (Å²) in [5.41, 5.74) is 6.18. The van der Waals surface area contributed by atoms with Gasteiger partial charge in [-0.25, -0.2) is 13.1 Å². The summed E-state index contributed by atoms with van der Waals surface area (Å²) in [7, 11) is -0.518. The Morgan fingerprint density at radius 3 is 2.42 bits per heavy atom. The zero-order valence-electron chi connectivity index (χ0n) is 12.0. The number of rotatable bonds is 6. The highest BCUT2D eigenvalue weighted by Crippen LogP contribution is 2.21. The first-order valence-corrected chi connectivity index (χ1v) is 7.49. The van der Waals surface area contributed by atoms with Crippen molar-refractivity contribution < 1.29 is 13.2 Å². The SMILES string of the molecule is COCC(NS(=O)(=O)c1c(N)nn(C)c1C)C(C)C. The van der Waals surface area contributed by atoms with Crippen molar-refractivity contribution in [3.8, 4) is 0 Å². The van der Waals surface area contributed by atoms with Gasteiger partial charge in [0.2, 0.25) is 10.0 Å². The van der Waals surface area contributed by atoms with E-state index in [-0.39, 0.29) is 22.7 Å². The van der Waals surface area contributed by atoms with E-state index in [4.69, 9.17) is 10.5 Å². The maximum atomic E-state index is 12.4. The fraction of sp³-hybridized carbons (Fsp3) is 0.727. The highest BCUT2D eigenvalue weighted by Gasteiger charge is 2.28. The molecule has 0 aliphatic carbocycles. The molecule has 0 aliphatic heterocycles. The van der Waals surface area contributed by atoms with Crippen molar-refractivity contribution >= 4 is 15.8 Å². The molecule has 0 aromatic carbocycles. The number of hydrogen-bond donors (Lipinski definition) is 2. The molecule has 8 heteroatoms. The van der Waals surface area contributed by atoms with Gasteiger partial charge in [-0.1, -0.05) is 13.8 Å². The number of nitrogens with two attached hydrogens (primary N) is 1. The topological polar surface area (TPSA) is 99.2 Å². The average Bonchev–Trinajstić information content (AvgIpc) is 2.52. The van der Waals surface area contributed by atoms with E-state index in [0.717, 1.165) is 0 Å². The molecule has 1 aromatic heterocycles. The summed E-state index contributed by atoms with van der Waals surface area (Å²) < 4.78 is 33.9. The molecule has 0 radical (unpaired) electrons. The summed E-state index contributed by atoms with van der Waals surface area (Å²) in [5, 5.41) is 3.92. The summed E-state index contributed by atoms with van der Waals surface area (Å²) in [6.07, 6.45) is 0. The number of aryl methyl sites for hydroxylation is 1. The van der Waals surface area contributed by atoms with Gasteiger partial charge in [-0.2, -0.15) is 5.10 Å². The maximum absolute atomic E-state index is 12.4. The second-order valence-electron chi connectivity index (χ2n) is 4.85. The first-order valence-electron chi connectivity index (χ1n) is 6.01. The number of hydrogen-bond acceptors (Lipinski definition) is 5. The predicted molar refractivity (Wildman–Crippen MR) is 73.2 cm³/mol. The average molecular weight is 290 g/mol. The zero-order valence-corrected chi connectivity index (χ0v) is 12.8. The van der Waals surface area contributed by atoms with E-state index in [9.17, 15) is 8.42 Å². The number of sulfonamides is 1. The van der Waals surface area contributed by atoms with Gasteiger partial charge in [-0.15, -0.1) is 0 Å². The smallest absolute Gasteiger partial charge is 0.246 e. The van der Waals surface area contributed by atoms with Crippen LogP contribution in [0.2, 0.25) is 0 Å². The molecule has 110 valence electrons. The van der Waals surface area contributed by atoms with Gasteiger partial charge in [0.05, 0.1) is 12.3 Å². The van der Waals surface area contributed by atoms with E-state index in [2.05, 4.69) is 9.82 Å². The summed E-state index contributed by atoms with van der Waals surface area (Å²) in [6, 6.07) is -0.311. The molecule has 1 rings (SSSR count). The summed E-state index contributed by atoms with van der Waals surface area (Å²) in [5.74, 6) is 0.111. The van der Waals surface area contributed by atoms with Gasteiger partial charge in [-0.05, 0) is 12.8 Å². The number of aromatic nitrogens is 2. The van der Waals surface area contributed by atoms with Crippen LogP contribution in [0.3, 0.4) is 0 Å². The molecule has 1 unspecified atom stereocenters. The molecule has 0 saturated heterocycles. The Morgan fingerprint density at radius 2 is 2.05 bits per heavy atom. The molecular weight excluding hydrogens is 268 g/mol. The summed E-state index contributed by atoms with van der Waals surface area (Å²) >= 11 is 0. The van der Waals surface area contributed by atoms with E-state index >= 15 is 0 Å². The number of nitrogens with zero attached hydrogens (tertiary/aromatic N) is 2. The molecule has 0 aliphatic rings. The lowest BCUT2D eigenvalue weighted by atomic mass is 10.1. The molecule has 19 heavy (non-hydrogen) atoms. The van der Waals surface area contributed by atoms with Gasteiger partial charge in [0.15, 0.2) is 5.82 Å². The minimum atomic E-state index is -3.71. The van der Waals surface area contributed by atoms with E-state index in [1.807, 2.05) is 13.8 Å². The van der Waals surface area contributed by atoms with Crippen LogP contribution in [0.1, 0.15) is 19.5 Å². The van der Waals surface area contributed by atoms with Crippen LogP contribution in [0.4, 0.5) is 5.82 Å². The highest BCUT2D eigenvalue weighted by atomic mass is 32.2. The molecule has 7 nitrogen and oxygen atoms in total. The van der Waals surface area contributed by atoms with Crippen LogP contribution in [-0.4, -0.2) is 38.0 Å². The third-order valence-electron chi connectivity index (χ3n) is 3.03. The van der Waals surface area contributed by atoms with Crippen molar-refractivity contribution in [3.05, 3.63) is 5.69 Å². The molecule has 0 saturated carbocycles. The van der Waals surface area contributed by atoms with Gasteiger partial charge in [0, 0.05) is 20.2 Å². The molecule has 1 atom stereocenters. The maximum Gasteiger partial charge on any atom is 0.246 e. The third kappa shape index (κ3) is 3.46. The molecule has 0 fully saturated rings. The van der Waals surface area contributed by atoms with Crippen LogP contribution in [0, 0.1) is 12.8 Å². The lowest BCUT2D eigenvalue weighted by Crippen LogP contribution is -2.41. The Balaban J connectivity index is 3.10. The molecule has 3 N–H and O–H groups in total. The van der Waals surface area contributed by atoms with Gasteiger partial charge in [0.1, 0.15) is 4.90 Å². The van der Waals surface area contributed by atoms with Crippen LogP contribution in [0.5, 0.6) is 0 Å². The second-order valence-corrected chi connectivity index (χ2v) is 6.50. The molecule has 1 aromatic rings. The first-order chi connectivity index (χ1) is 8.70. The molecule has 1 heterocycles. The van der Waals surface area contributed by atoms with Crippen LogP contribution >= 0.6 is 0 Å².